The van der Waals surface area contributed by atoms with Crippen molar-refractivity contribution in [2.75, 3.05) is 46.9 Å². The smallest absolute Gasteiger partial charge is 0.241 e. The number of rotatable bonds is 8. The lowest BCUT2D eigenvalue weighted by atomic mass is 9.90. The van der Waals surface area contributed by atoms with Crippen LogP contribution in [0.25, 0.3) is 0 Å². The van der Waals surface area contributed by atoms with Crippen LogP contribution in [0.3, 0.4) is 0 Å². The molecule has 1 fully saturated rings. The molecule has 0 atom stereocenters. The van der Waals surface area contributed by atoms with Crippen molar-refractivity contribution in [3.8, 4) is 0 Å². The van der Waals surface area contributed by atoms with Crippen molar-refractivity contribution in [1.29, 1.82) is 0 Å². The number of likely N-dealkylation sites (tertiary alicyclic amines) is 1. The van der Waals surface area contributed by atoms with Crippen LogP contribution in [0.15, 0.2) is 35.3 Å². The summed E-state index contributed by atoms with van der Waals surface area (Å²) in [6.07, 6.45) is 4.16. The summed E-state index contributed by atoms with van der Waals surface area (Å²) in [4.78, 5) is 18.5. The van der Waals surface area contributed by atoms with E-state index in [2.05, 4.69) is 46.0 Å². The molecule has 1 aromatic rings. The highest BCUT2D eigenvalue weighted by molar-refractivity contribution is 5.86. The summed E-state index contributed by atoms with van der Waals surface area (Å²) in [6, 6.07) is 10.6. The SMILES string of the molecule is CN=C(NCCCOC)NCC(=O)N1CCC(Cc2ccccc2)CC1. The molecule has 144 valence electrons. The number of nitrogens with zero attached hydrogens (tertiary/aromatic N) is 2. The average Bonchev–Trinajstić information content (AvgIpc) is 2.68. The fourth-order valence-electron chi connectivity index (χ4n) is 3.25. The second-order valence-electron chi connectivity index (χ2n) is 6.71. The Labute approximate surface area is 157 Å². The van der Waals surface area contributed by atoms with Crippen molar-refractivity contribution in [3.63, 3.8) is 0 Å². The standard InChI is InChI=1S/C20H32N4O2/c1-21-20(22-11-6-14-26-2)23-16-19(25)24-12-9-18(10-13-24)15-17-7-4-3-5-8-17/h3-5,7-8,18H,6,9-16H2,1-2H3,(H2,21,22,23). The zero-order chi connectivity index (χ0) is 18.6. The first-order valence-corrected chi connectivity index (χ1v) is 9.48. The van der Waals surface area contributed by atoms with E-state index in [0.717, 1.165) is 45.3 Å². The van der Waals surface area contributed by atoms with E-state index >= 15 is 0 Å². The van der Waals surface area contributed by atoms with Gasteiger partial charge < -0.3 is 20.3 Å². The molecule has 6 heteroatoms. The van der Waals surface area contributed by atoms with Crippen LogP contribution in [0.5, 0.6) is 0 Å². The zero-order valence-electron chi connectivity index (χ0n) is 16.0. The molecule has 0 unspecified atom stereocenters. The molecule has 1 saturated heterocycles. The fraction of sp³-hybridized carbons (Fsp3) is 0.600. The molecule has 1 aromatic carbocycles. The van der Waals surface area contributed by atoms with Crippen molar-refractivity contribution in [2.45, 2.75) is 25.7 Å². The van der Waals surface area contributed by atoms with Crippen LogP contribution in [0, 0.1) is 5.92 Å². The lowest BCUT2D eigenvalue weighted by Crippen LogP contribution is -2.47. The van der Waals surface area contributed by atoms with Gasteiger partial charge in [0, 0.05) is 40.4 Å². The average molecular weight is 361 g/mol. The van der Waals surface area contributed by atoms with Crippen LogP contribution in [-0.2, 0) is 16.0 Å². The molecule has 0 aromatic heterocycles. The number of ether oxygens (including phenoxy) is 1. The van der Waals surface area contributed by atoms with Gasteiger partial charge in [0.25, 0.3) is 0 Å². The number of nitrogens with one attached hydrogen (secondary N) is 2. The minimum Gasteiger partial charge on any atom is -0.385 e. The molecule has 0 aliphatic carbocycles. The molecule has 1 heterocycles. The first-order chi connectivity index (χ1) is 12.7. The summed E-state index contributed by atoms with van der Waals surface area (Å²) in [7, 11) is 3.40. The van der Waals surface area contributed by atoms with Gasteiger partial charge in [-0.05, 0) is 37.2 Å². The highest BCUT2D eigenvalue weighted by atomic mass is 16.5. The van der Waals surface area contributed by atoms with E-state index < -0.39 is 0 Å². The topological polar surface area (TPSA) is 66.0 Å². The van der Waals surface area contributed by atoms with Gasteiger partial charge in [0.05, 0.1) is 6.54 Å². The molecule has 6 nitrogen and oxygen atoms in total. The van der Waals surface area contributed by atoms with Crippen LogP contribution in [-0.4, -0.2) is 63.7 Å². The maximum absolute atomic E-state index is 12.4. The normalized spacial score (nSPS) is 15.8. The third-order valence-corrected chi connectivity index (χ3v) is 4.78. The second-order valence-corrected chi connectivity index (χ2v) is 6.71. The first-order valence-electron chi connectivity index (χ1n) is 9.48. The number of benzene rings is 1. The molecule has 2 rings (SSSR count). The molecule has 1 aliphatic rings. The Kier molecular flexibility index (Phi) is 8.96. The Balaban J connectivity index is 1.66. The number of piperidine rings is 1. The van der Waals surface area contributed by atoms with Crippen LogP contribution in [0.4, 0.5) is 0 Å². The molecule has 1 aliphatic heterocycles. The van der Waals surface area contributed by atoms with Crippen LogP contribution >= 0.6 is 0 Å². The molecule has 0 bridgehead atoms. The van der Waals surface area contributed by atoms with Gasteiger partial charge in [-0.2, -0.15) is 0 Å². The summed E-state index contributed by atoms with van der Waals surface area (Å²) in [6.45, 7) is 3.45. The Morgan fingerprint density at radius 3 is 2.62 bits per heavy atom. The molecular formula is C20H32N4O2. The Morgan fingerprint density at radius 1 is 1.23 bits per heavy atom. The molecular weight excluding hydrogens is 328 g/mol. The zero-order valence-corrected chi connectivity index (χ0v) is 16.0. The van der Waals surface area contributed by atoms with E-state index in [1.54, 1.807) is 14.2 Å². The number of carbonyl (C=O) groups is 1. The summed E-state index contributed by atoms with van der Waals surface area (Å²) < 4.78 is 5.02. The molecule has 2 N–H and O–H groups in total. The van der Waals surface area contributed by atoms with Crippen LogP contribution in [0.2, 0.25) is 0 Å². The fourth-order valence-corrected chi connectivity index (χ4v) is 3.25. The molecule has 0 saturated carbocycles. The van der Waals surface area contributed by atoms with Crippen molar-refractivity contribution < 1.29 is 9.53 Å². The van der Waals surface area contributed by atoms with Crippen LogP contribution in [0.1, 0.15) is 24.8 Å². The predicted molar refractivity (Wildman–Crippen MR) is 105 cm³/mol. The van der Waals surface area contributed by atoms with Gasteiger partial charge in [0.2, 0.25) is 5.91 Å². The largest absolute Gasteiger partial charge is 0.385 e. The van der Waals surface area contributed by atoms with Gasteiger partial charge in [0.1, 0.15) is 0 Å². The maximum atomic E-state index is 12.4. The number of amides is 1. The van der Waals surface area contributed by atoms with E-state index in [4.69, 9.17) is 4.74 Å². The van der Waals surface area contributed by atoms with E-state index in [0.29, 0.717) is 18.5 Å². The molecule has 0 radical (unpaired) electrons. The van der Waals surface area contributed by atoms with Crippen molar-refractivity contribution in [1.82, 2.24) is 15.5 Å². The highest BCUT2D eigenvalue weighted by Crippen LogP contribution is 2.21. The number of carbonyl (C=O) groups excluding carboxylic acids is 1. The van der Waals surface area contributed by atoms with E-state index in [1.165, 1.54) is 5.56 Å². The summed E-state index contributed by atoms with van der Waals surface area (Å²) in [5.74, 6) is 1.47. The Bertz CT molecular complexity index is 554. The minimum atomic E-state index is 0.142. The van der Waals surface area contributed by atoms with E-state index in [1.807, 2.05) is 4.90 Å². The summed E-state index contributed by atoms with van der Waals surface area (Å²) in [5, 5.41) is 6.29. The molecule has 26 heavy (non-hydrogen) atoms. The summed E-state index contributed by atoms with van der Waals surface area (Å²) in [5.41, 5.74) is 1.39. The number of methoxy groups -OCH3 is 1. The Morgan fingerprint density at radius 2 is 1.96 bits per heavy atom. The number of guanidine groups is 1. The first kappa shape index (κ1) is 20.2. The number of aliphatic imine (C=N–C) groups is 1. The molecule has 1 amide bonds. The van der Waals surface area contributed by atoms with Gasteiger partial charge in [-0.25, -0.2) is 0 Å². The van der Waals surface area contributed by atoms with Gasteiger partial charge in [-0.3, -0.25) is 9.79 Å². The number of hydrogen-bond donors (Lipinski definition) is 2. The van der Waals surface area contributed by atoms with Gasteiger partial charge in [-0.1, -0.05) is 30.3 Å². The second kappa shape index (κ2) is 11.5. The van der Waals surface area contributed by atoms with Crippen molar-refractivity contribution >= 4 is 11.9 Å². The molecule has 0 spiro atoms. The monoisotopic (exact) mass is 360 g/mol. The minimum absolute atomic E-state index is 0.142. The maximum Gasteiger partial charge on any atom is 0.241 e. The number of hydrogen-bond acceptors (Lipinski definition) is 3. The Hall–Kier alpha value is -2.08. The summed E-state index contributed by atoms with van der Waals surface area (Å²) >= 11 is 0. The predicted octanol–water partition coefficient (Wildman–Crippen LogP) is 1.67. The lowest BCUT2D eigenvalue weighted by Gasteiger charge is -2.32. The van der Waals surface area contributed by atoms with Gasteiger partial charge in [0.15, 0.2) is 5.96 Å². The third-order valence-electron chi connectivity index (χ3n) is 4.78. The van der Waals surface area contributed by atoms with Crippen LogP contribution < -0.4 is 10.6 Å². The van der Waals surface area contributed by atoms with Gasteiger partial charge in [-0.15, -0.1) is 0 Å². The third kappa shape index (κ3) is 7.04. The van der Waals surface area contributed by atoms with E-state index in [-0.39, 0.29) is 12.5 Å². The van der Waals surface area contributed by atoms with Crippen molar-refractivity contribution in [2.24, 2.45) is 10.9 Å². The van der Waals surface area contributed by atoms with E-state index in [9.17, 15) is 4.79 Å². The lowest BCUT2D eigenvalue weighted by molar-refractivity contribution is -0.131. The van der Waals surface area contributed by atoms with Gasteiger partial charge >= 0.3 is 0 Å². The van der Waals surface area contributed by atoms with Crippen molar-refractivity contribution in [3.05, 3.63) is 35.9 Å². The highest BCUT2D eigenvalue weighted by Gasteiger charge is 2.22. The quantitative estimate of drug-likeness (QED) is 0.420.